The van der Waals surface area contributed by atoms with Gasteiger partial charge in [0, 0.05) is 104 Å². The molecule has 0 spiro atoms. The smallest absolute Gasteiger partial charge is 0.349 e. The first-order valence-corrected chi connectivity index (χ1v) is 9.04. The molecule has 0 unspecified atom stereocenters. The molecule has 25 heteroatoms. The Morgan fingerprint density at radius 1 is 0.571 bits per heavy atom. The van der Waals surface area contributed by atoms with Crippen LogP contribution in [0.5, 0.6) is 0 Å². The number of hydrogen-bond donors (Lipinski definition) is 9. The van der Waals surface area contributed by atoms with Crippen molar-refractivity contribution in [2.45, 2.75) is 55.8 Å². The Morgan fingerprint density at radius 2 is 0.881 bits per heavy atom. The third kappa shape index (κ3) is 27.5. The fraction of sp³-hybridized carbons (Fsp3) is 0.529. The molecule has 42 heavy (non-hydrogen) atoms. The van der Waals surface area contributed by atoms with E-state index in [1.165, 1.54) is 0 Å². The summed E-state index contributed by atoms with van der Waals surface area (Å²) in [5.41, 5.74) is -0.253. The molecule has 0 saturated carbocycles. The van der Waals surface area contributed by atoms with Crippen LogP contribution in [0.4, 0.5) is 0 Å². The van der Waals surface area contributed by atoms with Crippen molar-refractivity contribution in [3.63, 3.8) is 0 Å². The van der Waals surface area contributed by atoms with Gasteiger partial charge in [-0.25, -0.2) is 9.59 Å². The Balaban J connectivity index is -0.0000000690. The van der Waals surface area contributed by atoms with Crippen LogP contribution in [0.1, 0.15) is 38.5 Å². The van der Waals surface area contributed by atoms with Crippen molar-refractivity contribution in [3.8, 4) is 0 Å². The number of hydrogen-bond acceptors (Lipinski definition) is 11. The van der Waals surface area contributed by atoms with Crippen LogP contribution in [0.25, 0.3) is 0 Å². The normalized spacial score (nSPS) is 9.76. The van der Waals surface area contributed by atoms with Gasteiger partial charge in [0.05, 0.1) is 25.7 Å². The van der Waals surface area contributed by atoms with Gasteiger partial charge in [-0.05, 0) is 6.42 Å². The number of carbonyl (C=O) groups is 8. The maximum atomic E-state index is 11.6. The Kier molecular flexibility index (Phi) is 45.3. The van der Waals surface area contributed by atoms with Crippen LogP contribution in [-0.2, 0) is 140 Å². The number of ether oxygens (including phenoxy) is 1. The molecule has 0 radical (unpaired) electrons. The first-order valence-electron chi connectivity index (χ1n) is 9.04. The van der Waals surface area contributed by atoms with Gasteiger partial charge in [-0.15, -0.1) is 0 Å². The largest absolute Gasteiger partial charge is 0.481 e. The third-order valence-corrected chi connectivity index (χ3v) is 3.82. The van der Waals surface area contributed by atoms with E-state index >= 15 is 0 Å². The van der Waals surface area contributed by atoms with Crippen LogP contribution in [0.15, 0.2) is 0 Å². The van der Waals surface area contributed by atoms with Crippen molar-refractivity contribution in [3.05, 3.63) is 0 Å². The number of aliphatic hydroxyl groups is 1. The van der Waals surface area contributed by atoms with E-state index in [1.807, 2.05) is 0 Å². The predicted octanol–water partition coefficient (Wildman–Crippen LogP) is -4.42. The number of nitrogens with two attached hydrogens (primary N) is 1. The minimum Gasteiger partial charge on any atom is -0.481 e. The SMILES string of the molecule is N[C@@H](CCC(=O)O)C(=O)OC(CC(=O)O)(CC(=O)O)C(=O)O.O.O.O=C(O)CC(O)(CC(=O)O)C(=O)O.[Zn].[Zn].[Zn].[Zn].[Zn]. The molecule has 0 aliphatic carbocycles. The molecule has 0 saturated heterocycles. The first kappa shape index (κ1) is 63.8. The molecule has 0 aromatic carbocycles. The van der Waals surface area contributed by atoms with Gasteiger partial charge in [0.2, 0.25) is 5.60 Å². The van der Waals surface area contributed by atoms with E-state index in [2.05, 4.69) is 4.74 Å². The zero-order valence-corrected chi connectivity index (χ0v) is 37.0. The molecule has 0 aromatic rings. The molecule has 224 valence electrons. The van der Waals surface area contributed by atoms with Crippen molar-refractivity contribution in [2.75, 3.05) is 0 Å². The molecule has 0 fully saturated rings. The van der Waals surface area contributed by atoms with Crippen molar-refractivity contribution in [2.24, 2.45) is 5.73 Å². The van der Waals surface area contributed by atoms with Gasteiger partial charge >= 0.3 is 47.8 Å². The molecule has 20 nitrogen and oxygen atoms in total. The Bertz CT molecular complexity index is 855. The number of carboxylic acid groups (broad SMARTS) is 7. The van der Waals surface area contributed by atoms with Gasteiger partial charge in [-0.2, -0.15) is 0 Å². The number of carboxylic acids is 7. The Hall–Kier alpha value is -1.28. The van der Waals surface area contributed by atoms with Gasteiger partial charge < -0.3 is 62.3 Å². The van der Waals surface area contributed by atoms with Crippen molar-refractivity contribution in [1.82, 2.24) is 0 Å². The van der Waals surface area contributed by atoms with Crippen LogP contribution in [0.3, 0.4) is 0 Å². The van der Waals surface area contributed by atoms with Crippen LogP contribution in [0.2, 0.25) is 0 Å². The quantitative estimate of drug-likeness (QED) is 0.0554. The summed E-state index contributed by atoms with van der Waals surface area (Å²) in [6.45, 7) is 0. The average molecular weight is 876 g/mol. The first-order chi connectivity index (χ1) is 15.8. The summed E-state index contributed by atoms with van der Waals surface area (Å²) in [5.74, 6) is -13.0. The fourth-order valence-electron chi connectivity index (χ4n) is 2.20. The van der Waals surface area contributed by atoms with Crippen molar-refractivity contribution in [1.29, 1.82) is 0 Å². The topological polar surface area (TPSA) is 397 Å². The second-order valence-electron chi connectivity index (χ2n) is 6.88. The molecule has 0 rings (SSSR count). The number of esters is 1. The summed E-state index contributed by atoms with van der Waals surface area (Å²) >= 11 is 0. The molecule has 1 atom stereocenters. The minimum absolute atomic E-state index is 0. The maximum absolute atomic E-state index is 11.6. The molecule has 0 aromatic heterocycles. The van der Waals surface area contributed by atoms with E-state index in [4.69, 9.17) is 46.6 Å². The average Bonchev–Trinajstić information content (AvgIpc) is 2.63. The fourth-order valence-corrected chi connectivity index (χ4v) is 2.20. The molecule has 0 amide bonds. The Labute approximate surface area is 299 Å². The molecule has 0 bridgehead atoms. The summed E-state index contributed by atoms with van der Waals surface area (Å²) in [7, 11) is 0. The van der Waals surface area contributed by atoms with Gasteiger partial charge in [0.1, 0.15) is 6.04 Å². The van der Waals surface area contributed by atoms with E-state index in [0.29, 0.717) is 0 Å². The molecular formula is C17H27NO19Zn5. The molecule has 0 aliphatic rings. The van der Waals surface area contributed by atoms with E-state index in [9.17, 15) is 38.4 Å². The van der Waals surface area contributed by atoms with E-state index < -0.39 is 97.1 Å². The second-order valence-corrected chi connectivity index (χ2v) is 6.88. The summed E-state index contributed by atoms with van der Waals surface area (Å²) < 4.78 is 4.50. The van der Waals surface area contributed by atoms with Crippen LogP contribution < -0.4 is 5.73 Å². The number of aliphatic carboxylic acids is 7. The van der Waals surface area contributed by atoms with Crippen LogP contribution in [0, 0.1) is 0 Å². The zero-order valence-electron chi connectivity index (χ0n) is 22.2. The number of carbonyl (C=O) groups excluding carboxylic acids is 1. The number of rotatable bonds is 15. The second kappa shape index (κ2) is 29.8. The summed E-state index contributed by atoms with van der Waals surface area (Å²) in [4.78, 5) is 85.1. The summed E-state index contributed by atoms with van der Waals surface area (Å²) in [6.07, 6.45) is -5.75. The van der Waals surface area contributed by atoms with Crippen LogP contribution in [-0.4, -0.2) is 117 Å². The standard InChI is InChI=1S/C11H15NO10.C6H8O7.2H2O.5Zn/c12-5(1-2-6(13)14)9(19)22-11(10(20)21,3-7(15)16)4-8(17)18;7-3(8)1-6(13,5(11)12)2-4(9)10;;;;;;;/h5H,1-4,12H2,(H,13,14)(H,15,16)(H,17,18)(H,20,21);13H,1-2H2,(H,7,8)(H,9,10)(H,11,12);2*1H2;;;;;/t5-;;;;;;;;/m0......../s1. The van der Waals surface area contributed by atoms with Gasteiger partial charge in [-0.1, -0.05) is 0 Å². The summed E-state index contributed by atoms with van der Waals surface area (Å²) in [6, 6.07) is -1.53. The molecular weight excluding hydrogens is 849 g/mol. The monoisotopic (exact) mass is 869 g/mol. The molecule has 14 N–H and O–H groups in total. The van der Waals surface area contributed by atoms with E-state index in [-0.39, 0.29) is 115 Å². The minimum atomic E-state index is -2.82. The van der Waals surface area contributed by atoms with Crippen molar-refractivity contribution >= 4 is 47.8 Å². The van der Waals surface area contributed by atoms with Gasteiger partial charge in [0.15, 0.2) is 5.60 Å². The third-order valence-electron chi connectivity index (χ3n) is 3.82. The maximum Gasteiger partial charge on any atom is 0.349 e. The molecule has 0 heterocycles. The van der Waals surface area contributed by atoms with E-state index in [0.717, 1.165) is 0 Å². The van der Waals surface area contributed by atoms with Gasteiger partial charge in [0.25, 0.3) is 0 Å². The van der Waals surface area contributed by atoms with Crippen LogP contribution >= 0.6 is 0 Å². The van der Waals surface area contributed by atoms with E-state index in [1.54, 1.807) is 0 Å². The Morgan fingerprint density at radius 3 is 1.10 bits per heavy atom. The van der Waals surface area contributed by atoms with Crippen molar-refractivity contribution < 1.29 is 192 Å². The van der Waals surface area contributed by atoms with Gasteiger partial charge in [-0.3, -0.25) is 28.8 Å². The summed E-state index contributed by atoms with van der Waals surface area (Å²) in [5, 5.41) is 68.7. The zero-order chi connectivity index (χ0) is 28.1. The predicted molar refractivity (Wildman–Crippen MR) is 110 cm³/mol. The molecule has 0 aliphatic heterocycles.